The summed E-state index contributed by atoms with van der Waals surface area (Å²) in [6.07, 6.45) is 0. The molecule has 0 radical (unpaired) electrons. The fourth-order valence-corrected chi connectivity index (χ4v) is 3.36. The lowest BCUT2D eigenvalue weighted by Gasteiger charge is -2.37. The van der Waals surface area contributed by atoms with Gasteiger partial charge in [0.05, 0.1) is 6.04 Å². The smallest absolute Gasteiger partial charge is 0.321 e. The Morgan fingerprint density at radius 2 is 1.96 bits per heavy atom. The van der Waals surface area contributed by atoms with E-state index in [0.29, 0.717) is 29.4 Å². The molecule has 3 rings (SSSR count). The summed E-state index contributed by atoms with van der Waals surface area (Å²) in [4.78, 5) is 28.3. The van der Waals surface area contributed by atoms with E-state index < -0.39 is 0 Å². The van der Waals surface area contributed by atoms with Gasteiger partial charge in [-0.15, -0.1) is 0 Å². The van der Waals surface area contributed by atoms with E-state index in [1.54, 1.807) is 38.4 Å². The molecule has 1 heterocycles. The molecule has 1 aliphatic heterocycles. The molecule has 0 aromatic heterocycles. The summed E-state index contributed by atoms with van der Waals surface area (Å²) < 4.78 is 0. The van der Waals surface area contributed by atoms with Crippen LogP contribution in [0.25, 0.3) is 0 Å². The van der Waals surface area contributed by atoms with Crippen LogP contribution in [0, 0.1) is 0 Å². The average molecular weight is 387 g/mol. The number of benzene rings is 2. The number of urea groups is 1. The van der Waals surface area contributed by atoms with Gasteiger partial charge in [0.2, 0.25) is 0 Å². The molecule has 0 aliphatic carbocycles. The van der Waals surface area contributed by atoms with Crippen LogP contribution in [-0.2, 0) is 0 Å². The Bertz CT molecular complexity index is 840. The summed E-state index contributed by atoms with van der Waals surface area (Å²) in [6, 6.07) is 14.2. The highest BCUT2D eigenvalue weighted by Gasteiger charge is 2.29. The maximum atomic E-state index is 13.2. The molecule has 3 amide bonds. The lowest BCUT2D eigenvalue weighted by molar-refractivity contribution is 0.0634. The lowest BCUT2D eigenvalue weighted by atomic mass is 10.0. The van der Waals surface area contributed by atoms with Crippen LogP contribution in [0.1, 0.15) is 22.0 Å². The van der Waals surface area contributed by atoms with Crippen LogP contribution in [0.15, 0.2) is 48.5 Å². The first kappa shape index (κ1) is 19.2. The number of carbonyl (C=O) groups is 2. The summed E-state index contributed by atoms with van der Waals surface area (Å²) in [6.45, 7) is 1.96. The molecule has 1 aliphatic rings. The molecular formula is C20H23ClN4O2. The van der Waals surface area contributed by atoms with E-state index in [2.05, 4.69) is 10.6 Å². The molecule has 7 heteroatoms. The number of carbonyl (C=O) groups excluding carboxylic acids is 2. The summed E-state index contributed by atoms with van der Waals surface area (Å²) in [5, 5.41) is 6.76. The predicted molar refractivity (Wildman–Crippen MR) is 107 cm³/mol. The van der Waals surface area contributed by atoms with Crippen LogP contribution in [0.5, 0.6) is 0 Å². The fourth-order valence-electron chi connectivity index (χ4n) is 3.10. The largest absolute Gasteiger partial charge is 0.331 e. The third kappa shape index (κ3) is 4.40. The number of nitrogens with one attached hydrogen (secondary N) is 2. The Labute approximate surface area is 164 Å². The Balaban J connectivity index is 1.85. The van der Waals surface area contributed by atoms with Gasteiger partial charge in [0.25, 0.3) is 5.91 Å². The van der Waals surface area contributed by atoms with Crippen molar-refractivity contribution in [3.8, 4) is 0 Å². The second-order valence-electron chi connectivity index (χ2n) is 6.65. The molecule has 0 bridgehead atoms. The minimum atomic E-state index is -0.240. The average Bonchev–Trinajstić information content (AvgIpc) is 2.68. The Morgan fingerprint density at radius 1 is 1.19 bits per heavy atom. The van der Waals surface area contributed by atoms with Gasteiger partial charge in [-0.25, -0.2) is 4.79 Å². The first-order chi connectivity index (χ1) is 13.0. The minimum Gasteiger partial charge on any atom is -0.331 e. The molecule has 142 valence electrons. The maximum Gasteiger partial charge on any atom is 0.321 e. The van der Waals surface area contributed by atoms with Crippen LogP contribution in [-0.4, -0.2) is 55.5 Å². The lowest BCUT2D eigenvalue weighted by Crippen LogP contribution is -2.48. The number of halogens is 1. The Kier molecular flexibility index (Phi) is 5.98. The molecule has 27 heavy (non-hydrogen) atoms. The number of anilines is 1. The number of nitrogens with zero attached hydrogens (tertiary/aromatic N) is 2. The minimum absolute atomic E-state index is 0.0811. The van der Waals surface area contributed by atoms with E-state index >= 15 is 0 Å². The second kappa shape index (κ2) is 8.41. The first-order valence-electron chi connectivity index (χ1n) is 8.82. The molecule has 1 atom stereocenters. The van der Waals surface area contributed by atoms with Crippen molar-refractivity contribution in [1.29, 1.82) is 0 Å². The molecule has 0 spiro atoms. The first-order valence-corrected chi connectivity index (χ1v) is 9.19. The molecular weight excluding hydrogens is 364 g/mol. The van der Waals surface area contributed by atoms with E-state index in [0.717, 1.165) is 12.1 Å². The molecule has 2 N–H and O–H groups in total. The van der Waals surface area contributed by atoms with E-state index in [1.807, 2.05) is 29.2 Å². The van der Waals surface area contributed by atoms with Gasteiger partial charge in [-0.1, -0.05) is 35.9 Å². The van der Waals surface area contributed by atoms with Crippen molar-refractivity contribution >= 4 is 29.2 Å². The van der Waals surface area contributed by atoms with Gasteiger partial charge in [-0.3, -0.25) is 4.79 Å². The highest BCUT2D eigenvalue weighted by atomic mass is 35.5. The van der Waals surface area contributed by atoms with Crippen LogP contribution in [0.4, 0.5) is 10.5 Å². The van der Waals surface area contributed by atoms with Crippen molar-refractivity contribution in [2.75, 3.05) is 39.0 Å². The molecule has 1 saturated heterocycles. The van der Waals surface area contributed by atoms with Crippen molar-refractivity contribution in [2.45, 2.75) is 6.04 Å². The number of hydrogen-bond donors (Lipinski definition) is 2. The second-order valence-corrected chi connectivity index (χ2v) is 7.05. The van der Waals surface area contributed by atoms with Crippen LogP contribution in [0.3, 0.4) is 0 Å². The highest BCUT2D eigenvalue weighted by Crippen LogP contribution is 2.30. The molecule has 2 aromatic rings. The number of hydrogen-bond acceptors (Lipinski definition) is 3. The zero-order chi connectivity index (χ0) is 19.4. The van der Waals surface area contributed by atoms with E-state index in [4.69, 9.17) is 11.6 Å². The number of amides is 3. The van der Waals surface area contributed by atoms with Crippen LogP contribution in [0.2, 0.25) is 5.02 Å². The van der Waals surface area contributed by atoms with Crippen molar-refractivity contribution in [3.05, 3.63) is 64.7 Å². The summed E-state index contributed by atoms with van der Waals surface area (Å²) in [7, 11) is 3.33. The summed E-state index contributed by atoms with van der Waals surface area (Å²) >= 11 is 6.37. The fraction of sp³-hybridized carbons (Fsp3) is 0.300. The topological polar surface area (TPSA) is 64.7 Å². The van der Waals surface area contributed by atoms with Crippen molar-refractivity contribution in [2.24, 2.45) is 0 Å². The zero-order valence-electron chi connectivity index (χ0n) is 15.4. The predicted octanol–water partition coefficient (Wildman–Crippen LogP) is 3.22. The maximum absolute atomic E-state index is 13.2. The normalized spacial score (nSPS) is 16.7. The molecule has 1 fully saturated rings. The van der Waals surface area contributed by atoms with E-state index in [-0.39, 0.29) is 18.0 Å². The third-order valence-electron chi connectivity index (χ3n) is 4.54. The Morgan fingerprint density at radius 3 is 2.70 bits per heavy atom. The van der Waals surface area contributed by atoms with Crippen molar-refractivity contribution < 1.29 is 9.59 Å². The van der Waals surface area contributed by atoms with Gasteiger partial charge >= 0.3 is 6.03 Å². The van der Waals surface area contributed by atoms with E-state index in [1.165, 1.54) is 4.90 Å². The van der Waals surface area contributed by atoms with Crippen LogP contribution < -0.4 is 10.6 Å². The molecule has 2 aromatic carbocycles. The monoisotopic (exact) mass is 386 g/mol. The Hall–Kier alpha value is -2.57. The van der Waals surface area contributed by atoms with Gasteiger partial charge < -0.3 is 20.4 Å². The van der Waals surface area contributed by atoms with E-state index in [9.17, 15) is 9.59 Å². The SMILES string of the molecule is CN(C)C(=O)Nc1cccc(C(=O)N2CCNCC2c2ccccc2Cl)c1. The van der Waals surface area contributed by atoms with Crippen molar-refractivity contribution in [3.63, 3.8) is 0 Å². The summed E-state index contributed by atoms with van der Waals surface area (Å²) in [5.74, 6) is -0.0811. The van der Waals surface area contributed by atoms with Gasteiger partial charge in [0.15, 0.2) is 0 Å². The molecule has 0 saturated carbocycles. The number of piperazine rings is 1. The summed E-state index contributed by atoms with van der Waals surface area (Å²) in [5.41, 5.74) is 2.05. The molecule has 1 unspecified atom stereocenters. The van der Waals surface area contributed by atoms with Crippen LogP contribution >= 0.6 is 11.6 Å². The third-order valence-corrected chi connectivity index (χ3v) is 4.88. The molecule has 6 nitrogen and oxygen atoms in total. The quantitative estimate of drug-likeness (QED) is 0.851. The van der Waals surface area contributed by atoms with Gasteiger partial charge in [-0.2, -0.15) is 0 Å². The van der Waals surface area contributed by atoms with Crippen molar-refractivity contribution in [1.82, 2.24) is 15.1 Å². The highest BCUT2D eigenvalue weighted by molar-refractivity contribution is 6.31. The number of rotatable bonds is 3. The standard InChI is InChI=1S/C20H23ClN4O2/c1-24(2)20(27)23-15-7-5-6-14(12-15)19(26)25-11-10-22-13-18(25)16-8-3-4-9-17(16)21/h3-9,12,18,22H,10-11,13H2,1-2H3,(H,23,27). The van der Waals surface area contributed by atoms with Gasteiger partial charge in [-0.05, 0) is 29.8 Å². The van der Waals surface area contributed by atoms with Gasteiger partial charge in [0.1, 0.15) is 0 Å². The van der Waals surface area contributed by atoms with Gasteiger partial charge in [0, 0.05) is 50.0 Å². The zero-order valence-corrected chi connectivity index (χ0v) is 16.2.